The normalized spacial score (nSPS) is 24.1. The molecule has 1 aromatic rings. The monoisotopic (exact) mass is 308 g/mol. The van der Waals surface area contributed by atoms with Gasteiger partial charge in [0, 0.05) is 0 Å². The molecule has 2 nitrogen and oxygen atoms in total. The molecular formula is C16H28O2Si2. The predicted molar refractivity (Wildman–Crippen MR) is 90.3 cm³/mol. The van der Waals surface area contributed by atoms with Gasteiger partial charge in [-0.15, -0.1) is 0 Å². The number of benzene rings is 1. The van der Waals surface area contributed by atoms with Gasteiger partial charge >= 0.3 is 0 Å². The summed E-state index contributed by atoms with van der Waals surface area (Å²) in [6.07, 6.45) is 3.71. The van der Waals surface area contributed by atoms with Crippen LogP contribution in [0, 0.1) is 0 Å². The van der Waals surface area contributed by atoms with Gasteiger partial charge < -0.3 is 8.85 Å². The highest BCUT2D eigenvalue weighted by Crippen LogP contribution is 2.27. The molecule has 2 rings (SSSR count). The Kier molecular flexibility index (Phi) is 6.02. The quantitative estimate of drug-likeness (QED) is 0.738. The van der Waals surface area contributed by atoms with E-state index in [4.69, 9.17) is 8.85 Å². The molecule has 1 aliphatic rings. The molecule has 0 N–H and O–H groups in total. The van der Waals surface area contributed by atoms with Crippen molar-refractivity contribution in [3.05, 3.63) is 35.9 Å². The summed E-state index contributed by atoms with van der Waals surface area (Å²) in [5.41, 5.74) is 1.46. The van der Waals surface area contributed by atoms with E-state index < -0.39 is 18.1 Å². The Bertz CT molecular complexity index is 395. The summed E-state index contributed by atoms with van der Waals surface area (Å²) in [6, 6.07) is 13.4. The lowest BCUT2D eigenvalue weighted by Gasteiger charge is -2.34. The van der Waals surface area contributed by atoms with Crippen molar-refractivity contribution < 1.29 is 8.85 Å². The first-order valence-electron chi connectivity index (χ1n) is 7.95. The largest absolute Gasteiger partial charge is 0.400 e. The molecule has 1 fully saturated rings. The van der Waals surface area contributed by atoms with Crippen LogP contribution in [0.5, 0.6) is 0 Å². The highest BCUT2D eigenvalue weighted by molar-refractivity contribution is 6.71. The van der Waals surface area contributed by atoms with Gasteiger partial charge in [0.15, 0.2) is 18.1 Å². The minimum atomic E-state index is -1.41. The van der Waals surface area contributed by atoms with Crippen LogP contribution in [0.15, 0.2) is 30.3 Å². The van der Waals surface area contributed by atoms with E-state index in [1.54, 1.807) is 0 Å². The van der Waals surface area contributed by atoms with E-state index in [2.05, 4.69) is 50.3 Å². The van der Waals surface area contributed by atoms with Gasteiger partial charge in [-0.1, -0.05) is 37.3 Å². The molecule has 1 saturated heterocycles. The molecule has 4 heteroatoms. The van der Waals surface area contributed by atoms with E-state index in [1.165, 1.54) is 30.5 Å². The Morgan fingerprint density at radius 2 is 2.10 bits per heavy atom. The second kappa shape index (κ2) is 7.54. The molecular weight excluding hydrogens is 280 g/mol. The van der Waals surface area contributed by atoms with Crippen molar-refractivity contribution in [1.29, 1.82) is 0 Å². The van der Waals surface area contributed by atoms with Crippen molar-refractivity contribution in [2.75, 3.05) is 0 Å². The molecule has 20 heavy (non-hydrogen) atoms. The maximum atomic E-state index is 6.15. The molecule has 1 heterocycles. The highest BCUT2D eigenvalue weighted by Gasteiger charge is 2.31. The SMILES string of the molecule is CCC(C[SiH2]OC1CCC[Si](C)(C)O1)c1ccccc1. The standard InChI is InChI=1S/C16H28O2Si2/c1-4-14(15-9-6-5-7-10-15)13-19-17-16-11-8-12-20(2,3)18-16/h5-7,9-10,14,16H,4,8,11-13,19H2,1-3H3. The van der Waals surface area contributed by atoms with Crippen molar-refractivity contribution in [1.82, 2.24) is 0 Å². The number of hydrogen-bond donors (Lipinski definition) is 0. The Balaban J connectivity index is 1.77. The maximum absolute atomic E-state index is 6.15. The minimum absolute atomic E-state index is 0.116. The van der Waals surface area contributed by atoms with E-state index >= 15 is 0 Å². The fourth-order valence-corrected chi connectivity index (χ4v) is 6.83. The van der Waals surface area contributed by atoms with Gasteiger partial charge in [-0.2, -0.15) is 0 Å². The summed E-state index contributed by atoms with van der Waals surface area (Å²) in [4.78, 5) is 0. The number of hydrogen-bond acceptors (Lipinski definition) is 2. The van der Waals surface area contributed by atoms with Crippen molar-refractivity contribution in [2.24, 2.45) is 0 Å². The summed E-state index contributed by atoms with van der Waals surface area (Å²) in [6.45, 7) is 6.89. The second-order valence-electron chi connectivity index (χ2n) is 6.37. The van der Waals surface area contributed by atoms with Gasteiger partial charge in [-0.3, -0.25) is 0 Å². The first-order chi connectivity index (χ1) is 9.61. The van der Waals surface area contributed by atoms with Crippen LogP contribution in [0.25, 0.3) is 0 Å². The van der Waals surface area contributed by atoms with E-state index in [-0.39, 0.29) is 6.29 Å². The van der Waals surface area contributed by atoms with Crippen molar-refractivity contribution in [3.8, 4) is 0 Å². The van der Waals surface area contributed by atoms with Crippen molar-refractivity contribution in [2.45, 2.75) is 63.6 Å². The molecule has 1 aliphatic heterocycles. The zero-order chi connectivity index (χ0) is 14.4. The molecule has 112 valence electrons. The Morgan fingerprint density at radius 3 is 2.75 bits per heavy atom. The summed E-state index contributed by atoms with van der Waals surface area (Å²) < 4.78 is 12.3. The third-order valence-corrected chi connectivity index (χ3v) is 8.20. The van der Waals surface area contributed by atoms with Crippen LogP contribution in [0.2, 0.25) is 25.2 Å². The molecule has 0 aliphatic carbocycles. The van der Waals surface area contributed by atoms with Crippen LogP contribution >= 0.6 is 0 Å². The van der Waals surface area contributed by atoms with Crippen molar-refractivity contribution in [3.63, 3.8) is 0 Å². The van der Waals surface area contributed by atoms with E-state index in [0.29, 0.717) is 5.92 Å². The van der Waals surface area contributed by atoms with Crippen LogP contribution in [0.4, 0.5) is 0 Å². The summed E-state index contributed by atoms with van der Waals surface area (Å²) in [7, 11) is -1.89. The molecule has 2 atom stereocenters. The number of rotatable bonds is 6. The van der Waals surface area contributed by atoms with E-state index in [0.717, 1.165) is 6.42 Å². The Labute approximate surface area is 127 Å². The lowest BCUT2D eigenvalue weighted by Crippen LogP contribution is -2.41. The third-order valence-electron chi connectivity index (χ3n) is 4.20. The maximum Gasteiger partial charge on any atom is 0.190 e. The zero-order valence-electron chi connectivity index (χ0n) is 13.1. The fourth-order valence-electron chi connectivity index (χ4n) is 2.96. The first-order valence-corrected chi connectivity index (χ1v) is 12.6. The minimum Gasteiger partial charge on any atom is -0.400 e. The van der Waals surface area contributed by atoms with Crippen LogP contribution in [0.3, 0.4) is 0 Å². The average Bonchev–Trinajstić information content (AvgIpc) is 2.43. The lowest BCUT2D eigenvalue weighted by molar-refractivity contribution is -0.0175. The molecule has 1 aromatic carbocycles. The fraction of sp³-hybridized carbons (Fsp3) is 0.625. The Morgan fingerprint density at radius 1 is 1.35 bits per heavy atom. The summed E-state index contributed by atoms with van der Waals surface area (Å²) >= 11 is 0. The summed E-state index contributed by atoms with van der Waals surface area (Å²) in [5.74, 6) is 0.664. The van der Waals surface area contributed by atoms with E-state index in [1.807, 2.05) is 0 Å². The molecule has 0 spiro atoms. The van der Waals surface area contributed by atoms with Crippen LogP contribution in [0.1, 0.15) is 37.7 Å². The predicted octanol–water partition coefficient (Wildman–Crippen LogP) is 4.04. The zero-order valence-corrected chi connectivity index (χ0v) is 15.5. The Hall–Kier alpha value is -0.426. The molecule has 0 bridgehead atoms. The topological polar surface area (TPSA) is 18.5 Å². The summed E-state index contributed by atoms with van der Waals surface area (Å²) in [5, 5.41) is 0. The van der Waals surface area contributed by atoms with Crippen LogP contribution in [-0.2, 0) is 8.85 Å². The van der Waals surface area contributed by atoms with Gasteiger partial charge in [-0.25, -0.2) is 0 Å². The molecule has 2 unspecified atom stereocenters. The van der Waals surface area contributed by atoms with Gasteiger partial charge in [0.2, 0.25) is 0 Å². The average molecular weight is 309 g/mol. The molecule has 0 radical (unpaired) electrons. The van der Waals surface area contributed by atoms with Gasteiger partial charge in [0.25, 0.3) is 0 Å². The van der Waals surface area contributed by atoms with Crippen LogP contribution < -0.4 is 0 Å². The third kappa shape index (κ3) is 4.84. The van der Waals surface area contributed by atoms with Gasteiger partial charge in [-0.05, 0) is 55.9 Å². The smallest absolute Gasteiger partial charge is 0.190 e. The van der Waals surface area contributed by atoms with Crippen LogP contribution in [-0.4, -0.2) is 24.4 Å². The van der Waals surface area contributed by atoms with Gasteiger partial charge in [0.05, 0.1) is 0 Å². The molecule has 0 amide bonds. The molecule has 0 aromatic heterocycles. The lowest BCUT2D eigenvalue weighted by atomic mass is 9.99. The highest BCUT2D eigenvalue weighted by atomic mass is 28.4. The van der Waals surface area contributed by atoms with Crippen molar-refractivity contribution >= 4 is 18.1 Å². The first kappa shape index (κ1) is 16.0. The molecule has 0 saturated carbocycles. The van der Waals surface area contributed by atoms with Gasteiger partial charge in [0.1, 0.15) is 6.29 Å². The second-order valence-corrected chi connectivity index (χ2v) is 11.9. The van der Waals surface area contributed by atoms with E-state index in [9.17, 15) is 0 Å².